The van der Waals surface area contributed by atoms with Crippen molar-refractivity contribution in [3.8, 4) is 22.4 Å². The van der Waals surface area contributed by atoms with Crippen molar-refractivity contribution in [2.24, 2.45) is 0 Å². The summed E-state index contributed by atoms with van der Waals surface area (Å²) < 4.78 is 62.4. The van der Waals surface area contributed by atoms with E-state index in [1.807, 2.05) is 6.92 Å². The second-order valence-electron chi connectivity index (χ2n) is 5.89. The molecule has 0 aliphatic rings. The molecule has 2 aromatic carbocycles. The third-order valence-corrected chi connectivity index (χ3v) is 5.51. The molecule has 0 fully saturated rings. The van der Waals surface area contributed by atoms with Crippen molar-refractivity contribution in [1.29, 1.82) is 0 Å². The first-order valence-corrected chi connectivity index (χ1v) is 10.4. The summed E-state index contributed by atoms with van der Waals surface area (Å²) >= 11 is 6.09. The van der Waals surface area contributed by atoms with Gasteiger partial charge in [-0.2, -0.15) is 13.2 Å². The predicted octanol–water partition coefficient (Wildman–Crippen LogP) is 5.72. The summed E-state index contributed by atoms with van der Waals surface area (Å²) in [4.78, 5) is 6.91. The molecule has 1 heterocycles. The lowest BCUT2D eigenvalue weighted by Gasteiger charge is -2.14. The third kappa shape index (κ3) is 4.29. The van der Waals surface area contributed by atoms with Crippen LogP contribution in [-0.4, -0.2) is 18.4 Å². The topological polar surface area (TPSA) is 59.9 Å². The zero-order valence-corrected chi connectivity index (χ0v) is 16.5. The van der Waals surface area contributed by atoms with Gasteiger partial charge in [0, 0.05) is 21.8 Å². The van der Waals surface area contributed by atoms with Crippen LogP contribution in [0.4, 0.5) is 13.2 Å². The quantitative estimate of drug-likeness (QED) is 0.381. The van der Waals surface area contributed by atoms with E-state index >= 15 is 0 Å². The van der Waals surface area contributed by atoms with Crippen LogP contribution in [0.25, 0.3) is 22.4 Å². The second kappa shape index (κ2) is 7.35. The van der Waals surface area contributed by atoms with Crippen LogP contribution in [-0.2, 0) is 15.2 Å². The van der Waals surface area contributed by atoms with E-state index in [1.54, 1.807) is 24.3 Å². The number of halogens is 5. The molecule has 0 radical (unpaired) electrons. The molecule has 10 heteroatoms. The molecule has 3 aromatic rings. The van der Waals surface area contributed by atoms with Gasteiger partial charge in [0.05, 0.1) is 10.6 Å². The van der Waals surface area contributed by atoms with Gasteiger partial charge in [0.25, 0.3) is 9.05 Å². The smallest absolute Gasteiger partial charge is 0.224 e. The molecular formula is C18H11Cl2F3N2O2S. The van der Waals surface area contributed by atoms with Crippen molar-refractivity contribution in [3.63, 3.8) is 0 Å². The fourth-order valence-electron chi connectivity index (χ4n) is 2.52. The van der Waals surface area contributed by atoms with Gasteiger partial charge in [-0.3, -0.25) is 0 Å². The zero-order chi connectivity index (χ0) is 20.7. The Hall–Kier alpha value is -2.16. The van der Waals surface area contributed by atoms with Crippen LogP contribution in [0.3, 0.4) is 0 Å². The highest BCUT2D eigenvalue weighted by atomic mass is 35.7. The summed E-state index contributed by atoms with van der Waals surface area (Å²) in [6.45, 7) is 1.84. The minimum atomic E-state index is -4.78. The Morgan fingerprint density at radius 1 is 0.893 bits per heavy atom. The highest BCUT2D eigenvalue weighted by molar-refractivity contribution is 8.13. The molecule has 0 amide bonds. The van der Waals surface area contributed by atoms with Crippen LogP contribution >= 0.6 is 22.3 Å². The summed E-state index contributed by atoms with van der Waals surface area (Å²) in [7, 11) is 1.35. The molecule has 0 aliphatic heterocycles. The maximum atomic E-state index is 13.2. The molecule has 0 atom stereocenters. The van der Waals surface area contributed by atoms with E-state index in [0.29, 0.717) is 11.1 Å². The molecule has 0 bridgehead atoms. The summed E-state index contributed by atoms with van der Waals surface area (Å²) in [6.07, 6.45) is -4.78. The lowest BCUT2D eigenvalue weighted by atomic mass is 10.00. The molecule has 4 nitrogen and oxygen atoms in total. The van der Waals surface area contributed by atoms with Crippen LogP contribution < -0.4 is 0 Å². The Morgan fingerprint density at radius 3 is 1.93 bits per heavy atom. The molecule has 0 unspecified atom stereocenters. The average Bonchev–Trinajstić information content (AvgIpc) is 2.60. The largest absolute Gasteiger partial charge is 0.451 e. The van der Waals surface area contributed by atoms with Gasteiger partial charge in [0.1, 0.15) is 5.15 Å². The van der Waals surface area contributed by atoms with Crippen molar-refractivity contribution in [1.82, 2.24) is 9.97 Å². The lowest BCUT2D eigenvalue weighted by molar-refractivity contribution is -0.144. The number of aryl methyl sites for hydroxylation is 1. The number of aromatic nitrogens is 2. The number of nitrogens with zero attached hydrogens (tertiary/aromatic N) is 2. The highest BCUT2D eigenvalue weighted by Gasteiger charge is 2.36. The fourth-order valence-corrected chi connectivity index (χ4v) is 3.57. The molecule has 0 spiro atoms. The molecule has 146 valence electrons. The molecule has 0 aliphatic carbocycles. The van der Waals surface area contributed by atoms with Crippen molar-refractivity contribution < 1.29 is 21.6 Å². The molecular weight excluding hydrogens is 436 g/mol. The van der Waals surface area contributed by atoms with E-state index in [1.165, 1.54) is 24.3 Å². The molecule has 0 N–H and O–H groups in total. The highest BCUT2D eigenvalue weighted by Crippen LogP contribution is 2.39. The van der Waals surface area contributed by atoms with Crippen molar-refractivity contribution in [3.05, 3.63) is 65.1 Å². The zero-order valence-electron chi connectivity index (χ0n) is 14.1. The van der Waals surface area contributed by atoms with E-state index in [9.17, 15) is 21.6 Å². The molecule has 28 heavy (non-hydrogen) atoms. The van der Waals surface area contributed by atoms with Gasteiger partial charge in [-0.15, -0.1) is 0 Å². The Kier molecular flexibility index (Phi) is 5.40. The minimum absolute atomic E-state index is 0.0196. The normalized spacial score (nSPS) is 12.2. The van der Waals surface area contributed by atoms with Crippen LogP contribution in [0.1, 0.15) is 11.4 Å². The first-order valence-electron chi connectivity index (χ1n) is 7.73. The van der Waals surface area contributed by atoms with E-state index in [-0.39, 0.29) is 16.2 Å². The Labute approximate surface area is 168 Å². The van der Waals surface area contributed by atoms with Gasteiger partial charge in [0.15, 0.2) is 0 Å². The maximum Gasteiger partial charge on any atom is 0.451 e. The molecule has 3 rings (SSSR count). The predicted molar refractivity (Wildman–Crippen MR) is 101 cm³/mol. The van der Waals surface area contributed by atoms with Gasteiger partial charge in [-0.05, 0) is 24.6 Å². The van der Waals surface area contributed by atoms with E-state index in [4.69, 9.17) is 22.3 Å². The maximum absolute atomic E-state index is 13.2. The average molecular weight is 447 g/mol. The number of hydrogen-bond acceptors (Lipinski definition) is 4. The van der Waals surface area contributed by atoms with Crippen LogP contribution in [0.2, 0.25) is 5.15 Å². The number of benzene rings is 2. The van der Waals surface area contributed by atoms with Crippen molar-refractivity contribution >= 4 is 31.3 Å². The van der Waals surface area contributed by atoms with E-state index < -0.39 is 26.2 Å². The van der Waals surface area contributed by atoms with Gasteiger partial charge in [-0.25, -0.2) is 18.4 Å². The van der Waals surface area contributed by atoms with Crippen LogP contribution in [0.5, 0.6) is 0 Å². The Balaban J connectivity index is 2.26. The van der Waals surface area contributed by atoms with Crippen LogP contribution in [0.15, 0.2) is 53.4 Å². The van der Waals surface area contributed by atoms with Crippen molar-refractivity contribution in [2.75, 3.05) is 0 Å². The first kappa shape index (κ1) is 20.6. The molecule has 0 saturated carbocycles. The molecule has 1 aromatic heterocycles. The Morgan fingerprint density at radius 2 is 1.43 bits per heavy atom. The first-order chi connectivity index (χ1) is 13.0. The number of hydrogen-bond donors (Lipinski definition) is 0. The number of rotatable bonds is 3. The Bertz CT molecular complexity index is 1130. The fraction of sp³-hybridized carbons (Fsp3) is 0.111. The van der Waals surface area contributed by atoms with Gasteiger partial charge in [0.2, 0.25) is 5.82 Å². The lowest BCUT2D eigenvalue weighted by Crippen LogP contribution is -2.12. The second-order valence-corrected chi connectivity index (χ2v) is 8.81. The SMILES string of the molecule is Cc1ccc(-c2nc(C(F)(F)F)nc(Cl)c2-c2ccc(S(=O)(=O)Cl)cc2)cc1. The van der Waals surface area contributed by atoms with E-state index in [2.05, 4.69) is 9.97 Å². The van der Waals surface area contributed by atoms with Gasteiger partial charge >= 0.3 is 6.18 Å². The van der Waals surface area contributed by atoms with Gasteiger partial charge < -0.3 is 0 Å². The van der Waals surface area contributed by atoms with Crippen LogP contribution in [0, 0.1) is 6.92 Å². The summed E-state index contributed by atoms with van der Waals surface area (Å²) in [5, 5.41) is -0.403. The van der Waals surface area contributed by atoms with Gasteiger partial charge in [-0.1, -0.05) is 53.6 Å². The van der Waals surface area contributed by atoms with Crippen molar-refractivity contribution in [2.45, 2.75) is 18.0 Å². The monoisotopic (exact) mass is 446 g/mol. The molecule has 0 saturated heterocycles. The minimum Gasteiger partial charge on any atom is -0.224 e. The number of alkyl halides is 3. The standard InChI is InChI=1S/C18H11Cl2F3N2O2S/c1-10-2-4-12(5-3-10)15-14(16(19)25-17(24-15)18(21,22)23)11-6-8-13(9-7-11)28(20,26)27/h2-9H,1H3. The summed E-state index contributed by atoms with van der Waals surface area (Å²) in [5.41, 5.74) is 1.80. The summed E-state index contributed by atoms with van der Waals surface area (Å²) in [5.74, 6) is -1.36. The van der Waals surface area contributed by atoms with E-state index in [0.717, 1.165) is 5.56 Å². The third-order valence-electron chi connectivity index (χ3n) is 3.87. The summed E-state index contributed by atoms with van der Waals surface area (Å²) in [6, 6.07) is 11.9.